The minimum absolute atomic E-state index is 0. The van der Waals surface area contributed by atoms with Crippen LogP contribution in [0.3, 0.4) is 0 Å². The molecule has 3 N–H and O–H groups in total. The number of nitrogens with zero attached hydrogens (tertiary/aromatic N) is 2. The molecule has 0 aliphatic heterocycles. The van der Waals surface area contributed by atoms with Crippen LogP contribution in [0, 0.1) is 45.4 Å². The van der Waals surface area contributed by atoms with Gasteiger partial charge < -0.3 is 15.7 Å². The van der Waals surface area contributed by atoms with Gasteiger partial charge in [-0.25, -0.2) is 0 Å². The Kier molecular flexibility index (Phi) is 29.8. The maximum Gasteiger partial charge on any atom is 1.00 e. The summed E-state index contributed by atoms with van der Waals surface area (Å²) in [4.78, 5) is 41.9. The molecule has 0 amide bonds. The molecule has 2 unspecified atom stereocenters. The number of rotatable bonds is 18. The van der Waals surface area contributed by atoms with Gasteiger partial charge in [-0.15, -0.1) is 0 Å². The number of benzene rings is 4. The number of aliphatic hydroxyl groups is 2. The summed E-state index contributed by atoms with van der Waals surface area (Å²) in [5, 5.41) is 21.0. The van der Waals surface area contributed by atoms with Crippen LogP contribution >= 0.6 is 0 Å². The van der Waals surface area contributed by atoms with E-state index in [0.29, 0.717) is 0 Å². The first kappa shape index (κ1) is 70.8. The van der Waals surface area contributed by atoms with Gasteiger partial charge in [0.1, 0.15) is 0 Å². The van der Waals surface area contributed by atoms with Crippen LogP contribution < -0.4 is 29.6 Å². The summed E-state index contributed by atoms with van der Waals surface area (Å²) in [6.45, 7) is 35.0. The summed E-state index contributed by atoms with van der Waals surface area (Å²) in [5.41, 5.74) is 20.2. The summed E-state index contributed by atoms with van der Waals surface area (Å²) in [5.74, 6) is 0. The molecule has 6 aromatic rings. The van der Waals surface area contributed by atoms with Gasteiger partial charge in [-0.2, -0.15) is 19.2 Å². The number of aromatic nitrogens is 2. The average Bonchev–Trinajstić information content (AvgIpc) is 3.39. The van der Waals surface area contributed by atoms with Crippen LogP contribution in [-0.2, 0) is 49.3 Å². The molecule has 10 heteroatoms. The van der Waals surface area contributed by atoms with Crippen LogP contribution in [0.15, 0.2) is 109 Å². The summed E-state index contributed by atoms with van der Waals surface area (Å²) in [7, 11) is 0. The summed E-state index contributed by atoms with van der Waals surface area (Å²) < 4.78 is 0. The first-order chi connectivity index (χ1) is 35.9. The summed E-state index contributed by atoms with van der Waals surface area (Å²) in [6, 6.07) is 36.5. The Labute approximate surface area is 491 Å². The SMILES string of the molecule is CCC(CC)(c1ccc(CCC(O)C(C)(C)C)c(C)c1)c1ccc(-c2ccc(C)cn2)c(C)c1.CCCc1ccc(-c2ccc(C(CC)(CC)c3ccc(CCC(O)C(C)(C)C)c(C)c3)cc2C)nc1.O=C=O.O=C=O.[Na+].[OH-]. The van der Waals surface area contributed by atoms with Crippen molar-refractivity contribution in [3.63, 3.8) is 0 Å². The van der Waals surface area contributed by atoms with Crippen molar-refractivity contribution >= 4 is 12.3 Å². The van der Waals surface area contributed by atoms with E-state index < -0.39 is 0 Å². The molecular weight excluding hydrogens is 980 g/mol. The van der Waals surface area contributed by atoms with Crippen LogP contribution in [0.25, 0.3) is 22.5 Å². The van der Waals surface area contributed by atoms with E-state index in [1.165, 1.54) is 77.9 Å². The van der Waals surface area contributed by atoms with Gasteiger partial charge in [-0.05, 0) is 182 Å². The third kappa shape index (κ3) is 18.7. The third-order valence-corrected chi connectivity index (χ3v) is 16.0. The molecule has 0 saturated carbocycles. The van der Waals surface area contributed by atoms with Crippen LogP contribution in [0.1, 0.15) is 188 Å². The van der Waals surface area contributed by atoms with Crippen LogP contribution in [-0.4, -0.2) is 50.2 Å². The van der Waals surface area contributed by atoms with Crippen molar-refractivity contribution in [2.45, 2.75) is 198 Å². The fraction of sp³-hybridized carbons (Fsp3) is 0.471. The summed E-state index contributed by atoms with van der Waals surface area (Å²) in [6.07, 6.45) is 13.7. The maximum absolute atomic E-state index is 10.5. The van der Waals surface area contributed by atoms with Crippen LogP contribution in [0.2, 0.25) is 0 Å². The second-order valence-electron chi connectivity index (χ2n) is 23.0. The monoisotopic (exact) mass is 1070 g/mol. The van der Waals surface area contributed by atoms with Gasteiger partial charge in [0, 0.05) is 34.4 Å². The van der Waals surface area contributed by atoms with E-state index in [9.17, 15) is 10.2 Å². The quantitative estimate of drug-likeness (QED) is 0.0797. The molecule has 0 bridgehead atoms. The van der Waals surface area contributed by atoms with E-state index in [0.717, 1.165) is 75.6 Å². The van der Waals surface area contributed by atoms with Gasteiger partial charge in [0.15, 0.2) is 0 Å². The van der Waals surface area contributed by atoms with E-state index in [2.05, 4.69) is 213 Å². The second kappa shape index (κ2) is 32.8. The van der Waals surface area contributed by atoms with Gasteiger partial charge in [0.05, 0.1) is 23.6 Å². The minimum Gasteiger partial charge on any atom is -0.870 e. The molecule has 2 atom stereocenters. The molecule has 2 heterocycles. The second-order valence-corrected chi connectivity index (χ2v) is 23.0. The van der Waals surface area contributed by atoms with Crippen molar-refractivity contribution in [2.75, 3.05) is 0 Å². The molecule has 0 spiro atoms. The number of carbonyl (C=O) groups excluding carboxylic acids is 4. The van der Waals surface area contributed by atoms with Gasteiger partial charge >= 0.3 is 41.9 Å². The largest absolute Gasteiger partial charge is 1.00 e. The molecule has 416 valence electrons. The van der Waals surface area contributed by atoms with Gasteiger partial charge in [-0.1, -0.05) is 168 Å². The van der Waals surface area contributed by atoms with Gasteiger partial charge in [0.2, 0.25) is 0 Å². The number of aliphatic hydroxyl groups excluding tert-OH is 2. The van der Waals surface area contributed by atoms with E-state index >= 15 is 0 Å². The van der Waals surface area contributed by atoms with Crippen molar-refractivity contribution in [1.82, 2.24) is 9.97 Å². The molecule has 0 fully saturated rings. The Morgan fingerprint density at radius 3 is 1.06 bits per heavy atom. The maximum atomic E-state index is 10.5. The van der Waals surface area contributed by atoms with Crippen molar-refractivity contribution in [3.05, 3.63) is 176 Å². The number of hydrogen-bond acceptors (Lipinski definition) is 9. The summed E-state index contributed by atoms with van der Waals surface area (Å²) >= 11 is 0. The molecule has 6 rings (SSSR count). The standard InChI is InChI=1S/C34H47NO.C32H43NO.2CO2.Na.H2O/c1-9-12-26-13-19-31(35-23-26)30-18-17-29(22-25(30)5)34(10-2,11-3)28-16-14-27(24(4)21-28)15-20-32(36)33(6,7)8;1-9-32(10-2,26-14-12-25(23(4)19-26)13-18-30(34)31(6,7)8)27-15-16-28(24(5)20-27)29-17-11-22(3)21-33-29;2*2-1-3;;/h13-14,16-19,21-23,32,36H,9-12,15,20H2,1-8H3;11-12,14-17,19-21,30,34H,9-10,13,18H2,1-8H3;;;;1H2/q;;;;+1;/p-1. The molecule has 2 aromatic heterocycles. The van der Waals surface area contributed by atoms with E-state index in [1.807, 2.05) is 12.4 Å². The first-order valence-corrected chi connectivity index (χ1v) is 27.6. The Hall–Kier alpha value is -5.18. The zero-order valence-corrected chi connectivity index (χ0v) is 52.5. The Balaban J connectivity index is 0.000000693. The van der Waals surface area contributed by atoms with Crippen molar-refractivity contribution in [1.29, 1.82) is 0 Å². The van der Waals surface area contributed by atoms with Crippen molar-refractivity contribution in [2.24, 2.45) is 10.8 Å². The Morgan fingerprint density at radius 2 is 0.795 bits per heavy atom. The van der Waals surface area contributed by atoms with E-state index in [1.54, 1.807) is 0 Å². The zero-order valence-electron chi connectivity index (χ0n) is 50.5. The van der Waals surface area contributed by atoms with Crippen LogP contribution in [0.5, 0.6) is 0 Å². The van der Waals surface area contributed by atoms with Crippen LogP contribution in [0.4, 0.5) is 0 Å². The molecule has 0 aliphatic carbocycles. The predicted octanol–water partition coefficient (Wildman–Crippen LogP) is 12.5. The van der Waals surface area contributed by atoms with E-state index in [4.69, 9.17) is 24.2 Å². The topological polar surface area (TPSA) is 165 Å². The molecule has 0 saturated heterocycles. The van der Waals surface area contributed by atoms with Crippen molar-refractivity contribution in [3.8, 4) is 22.5 Å². The number of aryl methyl sites for hydroxylation is 8. The smallest absolute Gasteiger partial charge is 0.870 e. The Morgan fingerprint density at radius 1 is 0.462 bits per heavy atom. The van der Waals surface area contributed by atoms with Gasteiger partial charge in [-0.3, -0.25) is 9.97 Å². The molecule has 0 aliphatic rings. The zero-order chi connectivity index (χ0) is 57.0. The number of hydrogen-bond donors (Lipinski definition) is 2. The fourth-order valence-corrected chi connectivity index (χ4v) is 10.6. The van der Waals surface area contributed by atoms with Gasteiger partial charge in [0.25, 0.3) is 0 Å². The molecular formula is C68H91N2NaO7. The third-order valence-electron chi connectivity index (χ3n) is 16.0. The van der Waals surface area contributed by atoms with Crippen molar-refractivity contribution < 1.29 is 64.4 Å². The molecule has 9 nitrogen and oxygen atoms in total. The molecule has 78 heavy (non-hydrogen) atoms. The molecule has 0 radical (unpaired) electrons. The Bertz CT molecular complexity index is 2810. The first-order valence-electron chi connectivity index (χ1n) is 27.6. The predicted molar refractivity (Wildman–Crippen MR) is 312 cm³/mol. The minimum atomic E-state index is -0.291. The molecule has 4 aromatic carbocycles. The number of pyridine rings is 2. The normalized spacial score (nSPS) is 12.0. The van der Waals surface area contributed by atoms with E-state index in [-0.39, 0.29) is 81.2 Å². The fourth-order valence-electron chi connectivity index (χ4n) is 10.6. The average molecular weight is 1070 g/mol.